The molecular formula is C27H31N7O2S. The van der Waals surface area contributed by atoms with Crippen LogP contribution >= 0.6 is 11.3 Å². The van der Waals surface area contributed by atoms with Crippen molar-refractivity contribution in [2.45, 2.75) is 31.9 Å². The molecule has 9 nitrogen and oxygen atoms in total. The van der Waals surface area contributed by atoms with Crippen molar-refractivity contribution in [3.63, 3.8) is 0 Å². The topological polar surface area (TPSA) is 87.9 Å². The van der Waals surface area contributed by atoms with Gasteiger partial charge in [0.2, 0.25) is 0 Å². The Morgan fingerprint density at radius 1 is 1.22 bits per heavy atom. The van der Waals surface area contributed by atoms with Gasteiger partial charge < -0.3 is 15.0 Å². The number of hydrogen-bond acceptors (Lipinski definition) is 8. The molecule has 2 aliphatic rings. The van der Waals surface area contributed by atoms with Crippen LogP contribution < -0.4 is 10.2 Å². The van der Waals surface area contributed by atoms with E-state index in [1.807, 2.05) is 35.8 Å². The number of rotatable bonds is 8. The van der Waals surface area contributed by atoms with Crippen molar-refractivity contribution >= 4 is 28.7 Å². The molecule has 1 atom stereocenters. The van der Waals surface area contributed by atoms with Gasteiger partial charge in [0.25, 0.3) is 5.91 Å². The first kappa shape index (κ1) is 24.0. The molecule has 2 fully saturated rings. The highest BCUT2D eigenvalue weighted by atomic mass is 32.1. The van der Waals surface area contributed by atoms with E-state index >= 15 is 0 Å². The quantitative estimate of drug-likeness (QED) is 0.382. The molecule has 0 bridgehead atoms. The predicted molar refractivity (Wildman–Crippen MR) is 145 cm³/mol. The summed E-state index contributed by atoms with van der Waals surface area (Å²) >= 11 is 1.65. The minimum atomic E-state index is -0.0830. The summed E-state index contributed by atoms with van der Waals surface area (Å²) in [4.78, 5) is 28.9. The second-order valence-corrected chi connectivity index (χ2v) is 10.6. The average Bonchev–Trinajstić information content (AvgIpc) is 3.66. The normalized spacial score (nSPS) is 18.4. The van der Waals surface area contributed by atoms with E-state index < -0.39 is 0 Å². The summed E-state index contributed by atoms with van der Waals surface area (Å²) in [7, 11) is 1.73. The summed E-state index contributed by atoms with van der Waals surface area (Å²) in [6, 6.07) is 10.2. The molecule has 0 aliphatic carbocycles. The van der Waals surface area contributed by atoms with Crippen molar-refractivity contribution in [1.29, 1.82) is 0 Å². The second-order valence-electron chi connectivity index (χ2n) is 9.61. The lowest BCUT2D eigenvalue weighted by atomic mass is 10.1. The maximum absolute atomic E-state index is 13.4. The SMILES string of the molecule is CCN1CCCC1CNC(=O)c1cc(-c2cnn3ccc(-c4cccs4)nc23)nc(N2CC(OC)C2)c1. The number of carbonyl (C=O) groups excluding carboxylic acids is 1. The Balaban J connectivity index is 1.34. The van der Waals surface area contributed by atoms with E-state index in [4.69, 9.17) is 14.7 Å². The van der Waals surface area contributed by atoms with Crippen molar-refractivity contribution in [1.82, 2.24) is 29.8 Å². The standard InChI is InChI=1S/C27H31N7O2S/c1-3-32-9-4-6-19(32)14-28-27(35)18-12-23(30-25(13-18)33-16-20(17-33)36-2)21-15-29-34-10-8-22(31-26(21)34)24-7-5-11-37-24/h5,7-8,10-13,15,19-20H,3-4,6,9,14,16-17H2,1-2H3,(H,28,35). The summed E-state index contributed by atoms with van der Waals surface area (Å²) < 4.78 is 7.22. The maximum Gasteiger partial charge on any atom is 0.251 e. The van der Waals surface area contributed by atoms with Crippen molar-refractivity contribution in [3.05, 3.63) is 53.7 Å². The minimum absolute atomic E-state index is 0.0830. The van der Waals surface area contributed by atoms with Gasteiger partial charge >= 0.3 is 0 Å². The number of amides is 1. The fraction of sp³-hybridized carbons (Fsp3) is 0.407. The Kier molecular flexibility index (Phi) is 6.62. The van der Waals surface area contributed by atoms with Gasteiger partial charge in [-0.2, -0.15) is 5.10 Å². The predicted octanol–water partition coefficient (Wildman–Crippen LogP) is 3.57. The van der Waals surface area contributed by atoms with Crippen LogP contribution in [0.5, 0.6) is 0 Å². The number of thiophene rings is 1. The third kappa shape index (κ3) is 4.72. The van der Waals surface area contributed by atoms with Crippen LogP contribution in [0.2, 0.25) is 0 Å². The van der Waals surface area contributed by atoms with Crippen molar-refractivity contribution in [2.75, 3.05) is 44.7 Å². The van der Waals surface area contributed by atoms with Gasteiger partial charge in [0, 0.05) is 44.5 Å². The summed E-state index contributed by atoms with van der Waals surface area (Å²) in [5.41, 5.74) is 3.68. The Bertz CT molecular complexity index is 1400. The van der Waals surface area contributed by atoms with Crippen LogP contribution in [0.15, 0.2) is 48.1 Å². The first-order chi connectivity index (χ1) is 18.1. The molecule has 4 aromatic heterocycles. The van der Waals surface area contributed by atoms with Crippen molar-refractivity contribution in [2.24, 2.45) is 0 Å². The molecule has 37 heavy (non-hydrogen) atoms. The van der Waals surface area contributed by atoms with E-state index in [0.29, 0.717) is 29.5 Å². The molecule has 6 heterocycles. The van der Waals surface area contributed by atoms with E-state index in [2.05, 4.69) is 33.2 Å². The fourth-order valence-corrected chi connectivity index (χ4v) is 5.88. The molecule has 192 valence electrons. The number of aromatic nitrogens is 4. The molecule has 1 amide bonds. The van der Waals surface area contributed by atoms with Gasteiger partial charge in [-0.3, -0.25) is 9.69 Å². The molecule has 1 unspecified atom stereocenters. The zero-order valence-electron chi connectivity index (χ0n) is 21.1. The highest BCUT2D eigenvalue weighted by Crippen LogP contribution is 2.30. The number of anilines is 1. The maximum atomic E-state index is 13.4. The minimum Gasteiger partial charge on any atom is -0.378 e. The number of nitrogens with zero attached hydrogens (tertiary/aromatic N) is 6. The van der Waals surface area contributed by atoms with Gasteiger partial charge in [-0.25, -0.2) is 14.5 Å². The zero-order valence-corrected chi connectivity index (χ0v) is 21.9. The summed E-state index contributed by atoms with van der Waals surface area (Å²) in [5, 5.41) is 9.73. The first-order valence-corrected chi connectivity index (χ1v) is 13.7. The van der Waals surface area contributed by atoms with Gasteiger partial charge in [0.1, 0.15) is 5.82 Å². The molecule has 6 rings (SSSR count). The van der Waals surface area contributed by atoms with Gasteiger partial charge in [0.05, 0.1) is 34.1 Å². The zero-order chi connectivity index (χ0) is 25.4. The molecular weight excluding hydrogens is 486 g/mol. The van der Waals surface area contributed by atoms with Gasteiger partial charge in [-0.1, -0.05) is 13.0 Å². The summed E-state index contributed by atoms with van der Waals surface area (Å²) in [6.45, 7) is 6.43. The van der Waals surface area contributed by atoms with E-state index in [-0.39, 0.29) is 12.0 Å². The third-order valence-corrected chi connectivity index (χ3v) is 8.29. The number of likely N-dealkylation sites (N-methyl/N-ethyl adjacent to an activating group) is 1. The molecule has 2 aliphatic heterocycles. The van der Waals surface area contributed by atoms with Crippen LogP contribution in [0.3, 0.4) is 0 Å². The van der Waals surface area contributed by atoms with Crippen LogP contribution in [-0.4, -0.2) is 82.4 Å². The van der Waals surface area contributed by atoms with Crippen LogP contribution in [0.25, 0.3) is 27.5 Å². The van der Waals surface area contributed by atoms with Crippen molar-refractivity contribution in [3.8, 4) is 21.8 Å². The Morgan fingerprint density at radius 3 is 2.89 bits per heavy atom. The number of ether oxygens (including phenoxy) is 1. The molecule has 4 aromatic rings. The van der Waals surface area contributed by atoms with E-state index in [1.54, 1.807) is 29.2 Å². The number of methoxy groups -OCH3 is 1. The average molecular weight is 518 g/mol. The van der Waals surface area contributed by atoms with Crippen LogP contribution in [-0.2, 0) is 4.74 Å². The molecule has 2 saturated heterocycles. The summed E-state index contributed by atoms with van der Waals surface area (Å²) in [5.74, 6) is 0.682. The highest BCUT2D eigenvalue weighted by Gasteiger charge is 2.29. The van der Waals surface area contributed by atoms with Crippen LogP contribution in [0, 0.1) is 0 Å². The van der Waals surface area contributed by atoms with Crippen LogP contribution in [0.4, 0.5) is 5.82 Å². The first-order valence-electron chi connectivity index (χ1n) is 12.8. The number of nitrogens with one attached hydrogen (secondary N) is 1. The van der Waals surface area contributed by atoms with Crippen LogP contribution in [0.1, 0.15) is 30.1 Å². The Morgan fingerprint density at radius 2 is 2.11 bits per heavy atom. The molecule has 10 heteroatoms. The summed E-state index contributed by atoms with van der Waals surface area (Å²) in [6.07, 6.45) is 6.17. The number of carbonyl (C=O) groups is 1. The lowest BCUT2D eigenvalue weighted by Gasteiger charge is -2.39. The Hall–Kier alpha value is -3.34. The van der Waals surface area contributed by atoms with E-state index in [1.165, 1.54) is 6.42 Å². The number of fused-ring (bicyclic) bond motifs is 1. The molecule has 0 saturated carbocycles. The van der Waals surface area contributed by atoms with Gasteiger partial charge in [-0.05, 0) is 55.6 Å². The molecule has 0 aromatic carbocycles. The van der Waals surface area contributed by atoms with E-state index in [9.17, 15) is 4.79 Å². The Labute approximate surface area is 220 Å². The number of pyridine rings is 1. The van der Waals surface area contributed by atoms with Crippen molar-refractivity contribution < 1.29 is 9.53 Å². The lowest BCUT2D eigenvalue weighted by molar-refractivity contribution is 0.0783. The van der Waals surface area contributed by atoms with Gasteiger partial charge in [0.15, 0.2) is 5.65 Å². The third-order valence-electron chi connectivity index (χ3n) is 7.40. The highest BCUT2D eigenvalue weighted by molar-refractivity contribution is 7.13. The number of hydrogen-bond donors (Lipinski definition) is 1. The monoisotopic (exact) mass is 517 g/mol. The molecule has 0 spiro atoms. The second kappa shape index (κ2) is 10.2. The molecule has 0 radical (unpaired) electrons. The van der Waals surface area contributed by atoms with Gasteiger partial charge in [-0.15, -0.1) is 11.3 Å². The number of likely N-dealkylation sites (tertiary alicyclic amines) is 1. The van der Waals surface area contributed by atoms with E-state index in [0.717, 1.165) is 54.6 Å². The molecule has 1 N–H and O–H groups in total. The fourth-order valence-electron chi connectivity index (χ4n) is 5.19. The smallest absolute Gasteiger partial charge is 0.251 e. The lowest BCUT2D eigenvalue weighted by Crippen LogP contribution is -2.52. The largest absolute Gasteiger partial charge is 0.378 e.